The summed E-state index contributed by atoms with van der Waals surface area (Å²) in [5.74, 6) is 0. The minimum absolute atomic E-state index is 0.585. The van der Waals surface area contributed by atoms with Crippen LogP contribution in [-0.2, 0) is 0 Å². The zero-order valence-electron chi connectivity index (χ0n) is 12.7. The lowest BCUT2D eigenvalue weighted by Crippen LogP contribution is -2.90. The number of halogens is 2. The van der Waals surface area contributed by atoms with Gasteiger partial charge in [0.1, 0.15) is 0 Å². The van der Waals surface area contributed by atoms with Gasteiger partial charge in [-0.1, -0.05) is 29.6 Å². The highest BCUT2D eigenvalue weighted by atomic mass is 35.5. The lowest BCUT2D eigenvalue weighted by molar-refractivity contribution is -0.691. The number of quaternary nitrogens is 1. The largest absolute Gasteiger partial charge is 0.362 e. The van der Waals surface area contributed by atoms with Gasteiger partial charge in [-0.15, -0.1) is 0 Å². The van der Waals surface area contributed by atoms with Crippen LogP contribution in [0, 0.1) is 0 Å². The number of anilines is 1. The second-order valence-corrected chi connectivity index (χ2v) is 7.03. The molecule has 1 aromatic rings. The van der Waals surface area contributed by atoms with Crippen molar-refractivity contribution in [1.29, 1.82) is 0 Å². The number of hydrogen-bond donors (Lipinski definition) is 3. The molecule has 1 aliphatic carbocycles. The molecule has 0 spiro atoms. The fourth-order valence-corrected chi connectivity index (χ4v) is 3.34. The minimum Gasteiger partial charge on any atom is -0.362 e. The Labute approximate surface area is 148 Å². The van der Waals surface area contributed by atoms with E-state index in [0.717, 1.165) is 31.2 Å². The summed E-state index contributed by atoms with van der Waals surface area (Å²) < 4.78 is 0. The molecule has 0 unspecified atom stereocenters. The lowest BCUT2D eigenvalue weighted by atomic mass is 9.95. The topological polar surface area (TPSA) is 40.7 Å². The number of hydrogen-bond acceptors (Lipinski definition) is 1. The molecule has 2 rings (SSSR count). The summed E-state index contributed by atoms with van der Waals surface area (Å²) in [7, 11) is 0. The normalized spacial score (nSPS) is 15.5. The van der Waals surface area contributed by atoms with Gasteiger partial charge in [-0.25, -0.2) is 0 Å². The van der Waals surface area contributed by atoms with E-state index < -0.39 is 0 Å². The second-order valence-electron chi connectivity index (χ2n) is 5.78. The summed E-state index contributed by atoms with van der Waals surface area (Å²) in [6.45, 7) is 2.02. The Bertz CT molecular complexity index is 490. The maximum atomic E-state index is 6.10. The van der Waals surface area contributed by atoms with Gasteiger partial charge in [0.25, 0.3) is 0 Å². The van der Waals surface area contributed by atoms with Crippen LogP contribution in [0.3, 0.4) is 0 Å². The van der Waals surface area contributed by atoms with Crippen LogP contribution in [-0.4, -0.2) is 24.2 Å². The second kappa shape index (κ2) is 9.56. The molecule has 22 heavy (non-hydrogen) atoms. The summed E-state index contributed by atoms with van der Waals surface area (Å²) in [5.41, 5.74) is 0.737. The summed E-state index contributed by atoms with van der Waals surface area (Å²) in [5, 5.41) is 10.6. The van der Waals surface area contributed by atoms with Gasteiger partial charge in [-0.05, 0) is 56.1 Å². The van der Waals surface area contributed by atoms with Gasteiger partial charge in [0.05, 0.1) is 23.3 Å². The molecule has 1 aliphatic rings. The first kappa shape index (κ1) is 17.8. The summed E-state index contributed by atoms with van der Waals surface area (Å²) >= 11 is 17.3. The molecular weight excluding hydrogens is 337 g/mol. The van der Waals surface area contributed by atoms with E-state index in [9.17, 15) is 0 Å². The molecule has 0 aromatic heterocycles. The zero-order valence-corrected chi connectivity index (χ0v) is 15.0. The Morgan fingerprint density at radius 1 is 1.23 bits per heavy atom. The van der Waals surface area contributed by atoms with Crippen molar-refractivity contribution < 1.29 is 5.32 Å². The third kappa shape index (κ3) is 6.29. The molecule has 0 saturated heterocycles. The zero-order chi connectivity index (χ0) is 15.8. The molecule has 0 aliphatic heterocycles. The van der Waals surface area contributed by atoms with Gasteiger partial charge < -0.3 is 16.0 Å². The van der Waals surface area contributed by atoms with Crippen LogP contribution in [0.2, 0.25) is 10.0 Å². The summed E-state index contributed by atoms with van der Waals surface area (Å²) in [4.78, 5) is 0. The van der Waals surface area contributed by atoms with Gasteiger partial charge in [0.15, 0.2) is 5.11 Å². The average molecular weight is 361 g/mol. The molecule has 1 fully saturated rings. The van der Waals surface area contributed by atoms with E-state index >= 15 is 0 Å². The van der Waals surface area contributed by atoms with E-state index in [2.05, 4.69) is 16.0 Å². The first-order valence-electron chi connectivity index (χ1n) is 7.98. The predicted molar refractivity (Wildman–Crippen MR) is 99.0 cm³/mol. The molecular formula is C16H24Cl2N3S+. The van der Waals surface area contributed by atoms with Crippen molar-refractivity contribution in [2.75, 3.05) is 18.4 Å². The van der Waals surface area contributed by atoms with Gasteiger partial charge in [-0.3, -0.25) is 0 Å². The fraction of sp³-hybridized carbons (Fsp3) is 0.562. The fourth-order valence-electron chi connectivity index (χ4n) is 2.79. The number of benzene rings is 1. The van der Waals surface area contributed by atoms with Crippen LogP contribution in [0.1, 0.15) is 38.5 Å². The van der Waals surface area contributed by atoms with Crippen LogP contribution >= 0.6 is 35.4 Å². The van der Waals surface area contributed by atoms with Gasteiger partial charge in [-0.2, -0.15) is 0 Å². The third-order valence-corrected chi connectivity index (χ3v) is 4.80. The predicted octanol–water partition coefficient (Wildman–Crippen LogP) is 3.57. The molecule has 122 valence electrons. The van der Waals surface area contributed by atoms with E-state index in [1.54, 1.807) is 18.2 Å². The molecule has 3 nitrogen and oxygen atoms in total. The van der Waals surface area contributed by atoms with Crippen molar-refractivity contribution in [3.05, 3.63) is 28.2 Å². The smallest absolute Gasteiger partial charge is 0.170 e. The van der Waals surface area contributed by atoms with Gasteiger partial charge in [0.2, 0.25) is 0 Å². The van der Waals surface area contributed by atoms with E-state index in [0.29, 0.717) is 15.2 Å². The average Bonchev–Trinajstić information content (AvgIpc) is 2.51. The molecule has 0 bridgehead atoms. The minimum atomic E-state index is 0.585. The van der Waals surface area contributed by atoms with Crippen molar-refractivity contribution in [3.8, 4) is 0 Å². The number of rotatable bonds is 6. The molecule has 1 aromatic carbocycles. The monoisotopic (exact) mass is 360 g/mol. The van der Waals surface area contributed by atoms with Crippen molar-refractivity contribution in [2.45, 2.75) is 44.6 Å². The molecule has 1 saturated carbocycles. The Kier molecular flexibility index (Phi) is 7.73. The van der Waals surface area contributed by atoms with Crippen LogP contribution in [0.5, 0.6) is 0 Å². The molecule has 0 amide bonds. The van der Waals surface area contributed by atoms with Crippen molar-refractivity contribution in [2.24, 2.45) is 0 Å². The summed E-state index contributed by atoms with van der Waals surface area (Å²) in [6, 6.07) is 6.12. The molecule has 0 heterocycles. The number of nitrogens with two attached hydrogens (primary N) is 1. The van der Waals surface area contributed by atoms with E-state index in [4.69, 9.17) is 35.4 Å². The highest BCUT2D eigenvalue weighted by molar-refractivity contribution is 7.80. The quantitative estimate of drug-likeness (QED) is 0.536. The van der Waals surface area contributed by atoms with Crippen LogP contribution in [0.25, 0.3) is 0 Å². The Morgan fingerprint density at radius 3 is 2.77 bits per heavy atom. The van der Waals surface area contributed by atoms with Gasteiger partial charge >= 0.3 is 0 Å². The third-order valence-electron chi connectivity index (χ3n) is 3.99. The van der Waals surface area contributed by atoms with Crippen molar-refractivity contribution in [1.82, 2.24) is 5.32 Å². The molecule has 6 heteroatoms. The molecule has 0 atom stereocenters. The standard InChI is InChI=1S/C16H23Cl2N3S/c17-12-7-8-14(18)15(11-12)21-16(22)20-10-4-9-19-13-5-2-1-3-6-13/h7-8,11,13,19H,1-6,9-10H2,(H2,20,21,22)/p+1. The van der Waals surface area contributed by atoms with Crippen LogP contribution < -0.4 is 16.0 Å². The number of thiocarbonyl (C=S) groups is 1. The van der Waals surface area contributed by atoms with Crippen molar-refractivity contribution in [3.63, 3.8) is 0 Å². The Morgan fingerprint density at radius 2 is 2.00 bits per heavy atom. The first-order chi connectivity index (χ1) is 10.6. The SMILES string of the molecule is S=C(NCCC[NH2+]C1CCCCC1)Nc1cc(Cl)ccc1Cl. The highest BCUT2D eigenvalue weighted by Gasteiger charge is 2.15. The van der Waals surface area contributed by atoms with E-state index in [1.807, 2.05) is 0 Å². The van der Waals surface area contributed by atoms with Crippen LogP contribution in [0.4, 0.5) is 5.69 Å². The molecule has 0 radical (unpaired) electrons. The molecule has 4 N–H and O–H groups in total. The highest BCUT2D eigenvalue weighted by Crippen LogP contribution is 2.25. The lowest BCUT2D eigenvalue weighted by Gasteiger charge is -2.19. The van der Waals surface area contributed by atoms with E-state index in [-0.39, 0.29) is 0 Å². The first-order valence-corrected chi connectivity index (χ1v) is 9.15. The van der Waals surface area contributed by atoms with Gasteiger partial charge in [0, 0.05) is 18.0 Å². The van der Waals surface area contributed by atoms with Crippen molar-refractivity contribution >= 4 is 46.2 Å². The Balaban J connectivity index is 1.60. The summed E-state index contributed by atoms with van der Waals surface area (Å²) in [6.07, 6.45) is 8.06. The maximum Gasteiger partial charge on any atom is 0.170 e. The maximum absolute atomic E-state index is 6.10. The number of nitrogens with one attached hydrogen (secondary N) is 2. The van der Waals surface area contributed by atoms with Crippen LogP contribution in [0.15, 0.2) is 18.2 Å². The van der Waals surface area contributed by atoms with E-state index in [1.165, 1.54) is 32.1 Å². The Hall–Kier alpha value is -0.550.